The highest BCUT2D eigenvalue weighted by atomic mass is 16.6. The first-order valence-electron chi connectivity index (χ1n) is 17.5. The molecule has 0 bridgehead atoms. The summed E-state index contributed by atoms with van der Waals surface area (Å²) in [7, 11) is 4.37. The molecule has 6 rings (SSSR count). The van der Waals surface area contributed by atoms with Gasteiger partial charge in [-0.05, 0) is 52.9 Å². The van der Waals surface area contributed by atoms with E-state index in [1.54, 1.807) is 24.4 Å². The molecule has 52 heavy (non-hydrogen) atoms. The monoisotopic (exact) mass is 704 g/mol. The van der Waals surface area contributed by atoms with E-state index in [-0.39, 0.29) is 41.8 Å². The van der Waals surface area contributed by atoms with Crippen molar-refractivity contribution in [2.75, 3.05) is 44.4 Å². The van der Waals surface area contributed by atoms with Crippen molar-refractivity contribution in [1.82, 2.24) is 15.3 Å². The van der Waals surface area contributed by atoms with Gasteiger partial charge in [-0.25, -0.2) is 9.78 Å². The summed E-state index contributed by atoms with van der Waals surface area (Å²) in [5, 5.41) is 32.4. The van der Waals surface area contributed by atoms with E-state index in [1.807, 2.05) is 54.6 Å². The van der Waals surface area contributed by atoms with E-state index in [2.05, 4.69) is 40.0 Å². The number of anilines is 2. The number of hydrogen-bond acceptors (Lipinski definition) is 8. The van der Waals surface area contributed by atoms with Gasteiger partial charge in [0.2, 0.25) is 11.5 Å². The molecule has 1 aliphatic rings. The molecule has 12 heteroatoms. The Morgan fingerprint density at radius 3 is 2.50 bits per heavy atom. The number of ether oxygens (including phenoxy) is 1. The smallest absolute Gasteiger partial charge is 0.411 e. The second kappa shape index (κ2) is 16.2. The molecule has 3 heterocycles. The van der Waals surface area contributed by atoms with E-state index in [0.29, 0.717) is 35.4 Å². The van der Waals surface area contributed by atoms with Crippen LogP contribution in [0.4, 0.5) is 16.3 Å². The van der Waals surface area contributed by atoms with Crippen LogP contribution in [0.3, 0.4) is 0 Å². The molecule has 12 nitrogen and oxygen atoms in total. The lowest BCUT2D eigenvalue weighted by Gasteiger charge is -2.36. The third-order valence-electron chi connectivity index (χ3n) is 9.44. The largest absolute Gasteiger partial charge is 0.871 e. The average molecular weight is 705 g/mol. The van der Waals surface area contributed by atoms with E-state index >= 15 is 0 Å². The fourth-order valence-electron chi connectivity index (χ4n) is 6.43. The van der Waals surface area contributed by atoms with Gasteiger partial charge in [-0.15, -0.1) is 0 Å². The number of quaternary nitrogens is 1. The first kappa shape index (κ1) is 36.2. The number of fused-ring (bicyclic) bond motifs is 1. The zero-order valence-corrected chi connectivity index (χ0v) is 29.4. The normalized spacial score (nSPS) is 14.8. The van der Waals surface area contributed by atoms with Gasteiger partial charge in [0.05, 0.1) is 39.0 Å². The predicted octanol–water partition coefficient (Wildman–Crippen LogP) is 4.85. The lowest BCUT2D eigenvalue weighted by molar-refractivity contribution is -0.896. The van der Waals surface area contributed by atoms with Crippen LogP contribution in [-0.4, -0.2) is 71.4 Å². The van der Waals surface area contributed by atoms with Gasteiger partial charge >= 0.3 is 6.09 Å². The maximum atomic E-state index is 12.9. The van der Waals surface area contributed by atoms with Crippen LogP contribution in [0, 0.1) is 0 Å². The van der Waals surface area contributed by atoms with Gasteiger partial charge in [-0.1, -0.05) is 60.3 Å². The van der Waals surface area contributed by atoms with Crippen LogP contribution in [0.15, 0.2) is 95.9 Å². The molecule has 5 aromatic rings. The number of hydrogen-bond donors (Lipinski definition) is 5. The number of piperidine rings is 1. The molecule has 1 atom stereocenters. The number of aromatic nitrogens is 2. The molecule has 2 aromatic heterocycles. The number of nitrogens with one attached hydrogen (secondary N) is 4. The number of carbonyl (C=O) groups is 2. The standard InChI is InChI=1S/C40H44N6O6/c1-46(2)20-18-29(19-21-46)52-40(51)43-33-13-8-26(22-32(33)28-6-4-3-5-7-28)10-16-37(49)44-36-15-9-27(24-42-36)23-41-25-35(48)30-11-14-34(47)39-31(30)12-17-38(50)45-39/h3-9,11-15,17,22,24,29,35,41,48H,10,16,18-21,23,25H2,1-2H3,(H3-,42,43,44,45,47,49,50,51)/t35-/m0/s1. The van der Waals surface area contributed by atoms with Crippen molar-refractivity contribution in [3.05, 3.63) is 118 Å². The molecule has 3 aromatic carbocycles. The minimum atomic E-state index is -0.910. The topological polar surface area (TPSA) is 168 Å². The van der Waals surface area contributed by atoms with E-state index in [0.717, 1.165) is 52.7 Å². The molecule has 0 saturated carbocycles. The number of amides is 2. The number of nitrogens with zero attached hydrogens (tertiary/aromatic N) is 2. The Morgan fingerprint density at radius 1 is 0.981 bits per heavy atom. The fraction of sp³-hybridized carbons (Fsp3) is 0.300. The van der Waals surface area contributed by atoms with Crippen LogP contribution in [0.1, 0.15) is 42.1 Å². The van der Waals surface area contributed by atoms with E-state index in [9.17, 15) is 24.6 Å². The maximum Gasteiger partial charge on any atom is 0.411 e. The number of aromatic amines is 1. The number of benzene rings is 3. The van der Waals surface area contributed by atoms with Crippen molar-refractivity contribution < 1.29 is 29.0 Å². The summed E-state index contributed by atoms with van der Waals surface area (Å²) in [6, 6.07) is 24.9. The molecular formula is C40H44N6O6. The molecule has 1 fully saturated rings. The van der Waals surface area contributed by atoms with Crippen LogP contribution in [0.25, 0.3) is 22.0 Å². The molecule has 2 amide bonds. The summed E-state index contributed by atoms with van der Waals surface area (Å²) in [5.74, 6) is -0.0663. The summed E-state index contributed by atoms with van der Waals surface area (Å²) in [6.07, 6.45) is 2.57. The van der Waals surface area contributed by atoms with Crippen LogP contribution in [0.5, 0.6) is 5.75 Å². The molecule has 0 spiro atoms. The average Bonchev–Trinajstić information content (AvgIpc) is 3.13. The quantitative estimate of drug-likeness (QED) is 0.115. The third kappa shape index (κ3) is 9.40. The molecule has 1 aliphatic heterocycles. The summed E-state index contributed by atoms with van der Waals surface area (Å²) in [5.41, 5.74) is 4.57. The number of H-pyrrole nitrogens is 1. The Morgan fingerprint density at radius 2 is 1.75 bits per heavy atom. The number of pyridine rings is 2. The fourth-order valence-corrected chi connectivity index (χ4v) is 6.43. The molecule has 0 unspecified atom stereocenters. The predicted molar refractivity (Wildman–Crippen MR) is 199 cm³/mol. The molecule has 0 aliphatic carbocycles. The summed E-state index contributed by atoms with van der Waals surface area (Å²) >= 11 is 0. The summed E-state index contributed by atoms with van der Waals surface area (Å²) in [4.78, 5) is 44.3. The van der Waals surface area contributed by atoms with E-state index in [4.69, 9.17) is 4.74 Å². The number of aliphatic hydroxyl groups is 1. The van der Waals surface area contributed by atoms with Crippen molar-refractivity contribution in [2.24, 2.45) is 0 Å². The Labute approximate surface area is 302 Å². The van der Waals surface area contributed by atoms with Gasteiger partial charge in [-0.2, -0.15) is 0 Å². The lowest BCUT2D eigenvalue weighted by atomic mass is 9.99. The maximum absolute atomic E-state index is 12.9. The van der Waals surface area contributed by atoms with Gasteiger partial charge < -0.3 is 35.1 Å². The zero-order valence-electron chi connectivity index (χ0n) is 29.4. The third-order valence-corrected chi connectivity index (χ3v) is 9.44. The first-order chi connectivity index (χ1) is 25.0. The number of rotatable bonds is 12. The second-order valence-corrected chi connectivity index (χ2v) is 13.9. The van der Waals surface area contributed by atoms with E-state index < -0.39 is 12.2 Å². The van der Waals surface area contributed by atoms with Crippen molar-refractivity contribution in [3.8, 4) is 16.9 Å². The van der Waals surface area contributed by atoms with E-state index in [1.165, 1.54) is 12.1 Å². The van der Waals surface area contributed by atoms with Gasteiger partial charge in [0.1, 0.15) is 11.9 Å². The zero-order chi connectivity index (χ0) is 36.7. The highest BCUT2D eigenvalue weighted by Gasteiger charge is 2.28. The molecular weight excluding hydrogens is 660 g/mol. The molecule has 5 N–H and O–H groups in total. The number of carbonyl (C=O) groups excluding carboxylic acids is 2. The van der Waals surface area contributed by atoms with Crippen molar-refractivity contribution >= 4 is 34.4 Å². The second-order valence-electron chi connectivity index (χ2n) is 13.9. The minimum Gasteiger partial charge on any atom is -0.871 e. The van der Waals surface area contributed by atoms with Gasteiger partial charge in [-0.3, -0.25) is 14.9 Å². The Balaban J connectivity index is 0.998. The van der Waals surface area contributed by atoms with Crippen molar-refractivity contribution in [2.45, 2.75) is 44.4 Å². The summed E-state index contributed by atoms with van der Waals surface area (Å²) < 4.78 is 6.70. The number of likely N-dealkylation sites (tertiary alicyclic amines) is 1. The minimum absolute atomic E-state index is 0.0988. The number of aliphatic hydroxyl groups excluding tert-OH is 1. The molecule has 0 radical (unpaired) electrons. The van der Waals surface area contributed by atoms with Crippen LogP contribution >= 0.6 is 0 Å². The van der Waals surface area contributed by atoms with Crippen LogP contribution < -0.4 is 26.6 Å². The first-order valence-corrected chi connectivity index (χ1v) is 17.5. The summed E-state index contributed by atoms with van der Waals surface area (Å²) in [6.45, 7) is 2.55. The SMILES string of the molecule is C[N+]1(C)CCC(OC(=O)Nc2ccc(CCC(=O)Nc3ccc(CNC[C@H](O)c4ccc([O-])c5[nH]c(=O)ccc45)cn3)cc2-c2ccccc2)CC1. The highest BCUT2D eigenvalue weighted by molar-refractivity contribution is 5.92. The number of aryl methyl sites for hydroxylation is 1. The Kier molecular flexibility index (Phi) is 11.3. The lowest BCUT2D eigenvalue weighted by Crippen LogP contribution is -2.48. The van der Waals surface area contributed by atoms with Gasteiger partial charge in [0, 0.05) is 61.1 Å². The van der Waals surface area contributed by atoms with Crippen molar-refractivity contribution in [1.29, 1.82) is 0 Å². The molecule has 270 valence electrons. The Bertz CT molecular complexity index is 2070. The van der Waals surface area contributed by atoms with Gasteiger partial charge in [0.15, 0.2) is 0 Å². The van der Waals surface area contributed by atoms with Crippen LogP contribution in [0.2, 0.25) is 0 Å². The van der Waals surface area contributed by atoms with Gasteiger partial charge in [0.25, 0.3) is 0 Å². The highest BCUT2D eigenvalue weighted by Crippen LogP contribution is 2.31. The van der Waals surface area contributed by atoms with Crippen LogP contribution in [-0.2, 0) is 22.5 Å². The molecule has 1 saturated heterocycles. The Hall–Kier alpha value is -5.56. The van der Waals surface area contributed by atoms with Crippen molar-refractivity contribution in [3.63, 3.8) is 0 Å².